The normalized spacial score (nSPS) is 12.0. The van der Waals surface area contributed by atoms with E-state index in [9.17, 15) is 14.7 Å². The van der Waals surface area contributed by atoms with Gasteiger partial charge in [-0.15, -0.1) is 0 Å². The van der Waals surface area contributed by atoms with Crippen LogP contribution in [0.5, 0.6) is 0 Å². The minimum Gasteiger partial charge on any atom is -0.462 e. The van der Waals surface area contributed by atoms with Crippen molar-refractivity contribution in [2.24, 2.45) is 0 Å². The van der Waals surface area contributed by atoms with E-state index in [2.05, 4.69) is 13.8 Å². The standard InChI is InChI=1S/C31H60O5/c1-3-5-7-9-11-13-14-15-16-18-19-21-23-25-30(33)35-28-29(27-32)36-31(34)26-24-22-20-17-12-10-8-6-4-2/h29,32H,3-28H2,1-2H3/t29-/m0/s1. The minimum atomic E-state index is -0.758. The number of esters is 2. The summed E-state index contributed by atoms with van der Waals surface area (Å²) in [4.78, 5) is 24.0. The molecule has 0 aliphatic rings. The second-order valence-corrected chi connectivity index (χ2v) is 10.5. The summed E-state index contributed by atoms with van der Waals surface area (Å²) in [5.41, 5.74) is 0. The Labute approximate surface area is 223 Å². The minimum absolute atomic E-state index is 0.0583. The molecule has 0 amide bonds. The Balaban J connectivity index is 3.55. The maximum atomic E-state index is 12.0. The summed E-state index contributed by atoms with van der Waals surface area (Å²) in [5, 5.41) is 9.45. The molecule has 0 saturated heterocycles. The van der Waals surface area contributed by atoms with Gasteiger partial charge in [0.25, 0.3) is 0 Å². The number of rotatable bonds is 28. The lowest BCUT2D eigenvalue weighted by molar-refractivity contribution is -0.161. The molecule has 5 heteroatoms. The van der Waals surface area contributed by atoms with Crippen LogP contribution in [-0.4, -0.2) is 36.4 Å². The molecular weight excluding hydrogens is 452 g/mol. The molecule has 5 nitrogen and oxygen atoms in total. The van der Waals surface area contributed by atoms with E-state index in [1.165, 1.54) is 109 Å². The monoisotopic (exact) mass is 512 g/mol. The van der Waals surface area contributed by atoms with Crippen molar-refractivity contribution < 1.29 is 24.2 Å². The van der Waals surface area contributed by atoms with Gasteiger partial charge in [0.05, 0.1) is 6.61 Å². The molecular formula is C31H60O5. The Kier molecular flexibility index (Phi) is 27.6. The van der Waals surface area contributed by atoms with Crippen molar-refractivity contribution >= 4 is 11.9 Å². The molecule has 214 valence electrons. The van der Waals surface area contributed by atoms with Crippen LogP contribution in [0.15, 0.2) is 0 Å². The molecule has 0 radical (unpaired) electrons. The quantitative estimate of drug-likeness (QED) is 0.0837. The Morgan fingerprint density at radius 1 is 0.528 bits per heavy atom. The highest BCUT2D eigenvalue weighted by atomic mass is 16.6. The van der Waals surface area contributed by atoms with E-state index in [1.807, 2.05) is 0 Å². The number of hydrogen-bond donors (Lipinski definition) is 1. The number of aliphatic hydroxyl groups is 1. The number of carbonyl (C=O) groups excluding carboxylic acids is 2. The molecule has 0 bridgehead atoms. The number of hydrogen-bond acceptors (Lipinski definition) is 5. The van der Waals surface area contributed by atoms with Gasteiger partial charge in [-0.05, 0) is 12.8 Å². The Bertz CT molecular complexity index is 480. The average molecular weight is 513 g/mol. The van der Waals surface area contributed by atoms with E-state index in [4.69, 9.17) is 9.47 Å². The molecule has 0 fully saturated rings. The molecule has 0 saturated carbocycles. The van der Waals surface area contributed by atoms with E-state index in [0.29, 0.717) is 12.8 Å². The van der Waals surface area contributed by atoms with Gasteiger partial charge >= 0.3 is 11.9 Å². The van der Waals surface area contributed by atoms with Crippen LogP contribution in [0.4, 0.5) is 0 Å². The molecule has 1 atom stereocenters. The largest absolute Gasteiger partial charge is 0.462 e. The Morgan fingerprint density at radius 3 is 1.22 bits per heavy atom. The van der Waals surface area contributed by atoms with Crippen molar-refractivity contribution in [1.82, 2.24) is 0 Å². The number of unbranched alkanes of at least 4 members (excludes halogenated alkanes) is 20. The van der Waals surface area contributed by atoms with Gasteiger partial charge < -0.3 is 14.6 Å². The fourth-order valence-electron chi connectivity index (χ4n) is 4.49. The smallest absolute Gasteiger partial charge is 0.306 e. The summed E-state index contributed by atoms with van der Waals surface area (Å²) < 4.78 is 10.5. The van der Waals surface area contributed by atoms with Gasteiger partial charge in [-0.25, -0.2) is 0 Å². The van der Waals surface area contributed by atoms with Crippen LogP contribution in [0.3, 0.4) is 0 Å². The number of ether oxygens (including phenoxy) is 2. The predicted octanol–water partition coefficient (Wildman–Crippen LogP) is 8.84. The van der Waals surface area contributed by atoms with Crippen LogP contribution in [0, 0.1) is 0 Å². The second-order valence-electron chi connectivity index (χ2n) is 10.5. The van der Waals surface area contributed by atoms with E-state index in [0.717, 1.165) is 32.1 Å². The summed E-state index contributed by atoms with van der Waals surface area (Å²) in [6.07, 6.45) is 27.2. The number of aliphatic hydroxyl groups excluding tert-OH is 1. The van der Waals surface area contributed by atoms with Gasteiger partial charge in [-0.1, -0.05) is 142 Å². The topological polar surface area (TPSA) is 72.8 Å². The van der Waals surface area contributed by atoms with Gasteiger partial charge in [0, 0.05) is 12.8 Å². The lowest BCUT2D eigenvalue weighted by atomic mass is 10.0. The van der Waals surface area contributed by atoms with Crippen LogP contribution in [0.25, 0.3) is 0 Å². The van der Waals surface area contributed by atoms with E-state index >= 15 is 0 Å². The van der Waals surface area contributed by atoms with Crippen LogP contribution in [0.1, 0.15) is 168 Å². The fraction of sp³-hybridized carbons (Fsp3) is 0.935. The molecule has 0 aromatic carbocycles. The third kappa shape index (κ3) is 26.0. The summed E-state index contributed by atoms with van der Waals surface area (Å²) in [6, 6.07) is 0. The van der Waals surface area contributed by atoms with Crippen molar-refractivity contribution in [3.8, 4) is 0 Å². The van der Waals surface area contributed by atoms with Crippen molar-refractivity contribution in [1.29, 1.82) is 0 Å². The summed E-state index contributed by atoms with van der Waals surface area (Å²) in [5.74, 6) is -0.587. The Hall–Kier alpha value is -1.10. The molecule has 0 aliphatic heterocycles. The van der Waals surface area contributed by atoms with Crippen LogP contribution < -0.4 is 0 Å². The zero-order chi connectivity index (χ0) is 26.5. The lowest BCUT2D eigenvalue weighted by Crippen LogP contribution is -2.28. The maximum Gasteiger partial charge on any atom is 0.306 e. The van der Waals surface area contributed by atoms with Gasteiger partial charge in [0.2, 0.25) is 0 Å². The van der Waals surface area contributed by atoms with E-state index < -0.39 is 6.10 Å². The molecule has 0 aromatic rings. The first-order valence-electron chi connectivity index (χ1n) is 15.6. The Morgan fingerprint density at radius 2 is 0.861 bits per heavy atom. The third-order valence-electron chi connectivity index (χ3n) is 6.90. The highest BCUT2D eigenvalue weighted by Gasteiger charge is 2.16. The SMILES string of the molecule is CCCCCCCCCCCCCCCC(=O)OC[C@H](CO)OC(=O)CCCCCCCCCCC. The van der Waals surface area contributed by atoms with Crippen LogP contribution >= 0.6 is 0 Å². The van der Waals surface area contributed by atoms with Gasteiger partial charge in [-0.2, -0.15) is 0 Å². The van der Waals surface area contributed by atoms with E-state index in [-0.39, 0.29) is 25.2 Å². The summed E-state index contributed by atoms with van der Waals surface area (Å²) in [6.45, 7) is 4.10. The van der Waals surface area contributed by atoms with Crippen molar-refractivity contribution in [3.05, 3.63) is 0 Å². The highest BCUT2D eigenvalue weighted by molar-refractivity contribution is 5.70. The molecule has 36 heavy (non-hydrogen) atoms. The van der Waals surface area contributed by atoms with Crippen LogP contribution in [0.2, 0.25) is 0 Å². The fourth-order valence-corrected chi connectivity index (χ4v) is 4.49. The van der Waals surface area contributed by atoms with Gasteiger partial charge in [0.15, 0.2) is 6.10 Å². The summed E-state index contributed by atoms with van der Waals surface area (Å²) in [7, 11) is 0. The molecule has 0 aliphatic carbocycles. The van der Waals surface area contributed by atoms with Crippen molar-refractivity contribution in [3.63, 3.8) is 0 Å². The van der Waals surface area contributed by atoms with Crippen molar-refractivity contribution in [2.45, 2.75) is 174 Å². The predicted molar refractivity (Wildman–Crippen MR) is 150 cm³/mol. The highest BCUT2D eigenvalue weighted by Crippen LogP contribution is 2.14. The first-order valence-corrected chi connectivity index (χ1v) is 15.6. The molecule has 0 rings (SSSR count). The zero-order valence-electron chi connectivity index (χ0n) is 24.0. The maximum absolute atomic E-state index is 12.0. The number of carbonyl (C=O) groups is 2. The molecule has 0 unspecified atom stereocenters. The first kappa shape index (κ1) is 34.9. The average Bonchev–Trinajstić information content (AvgIpc) is 2.88. The van der Waals surface area contributed by atoms with Gasteiger partial charge in [0.1, 0.15) is 6.61 Å². The van der Waals surface area contributed by atoms with Crippen LogP contribution in [-0.2, 0) is 19.1 Å². The first-order chi connectivity index (χ1) is 17.6. The zero-order valence-corrected chi connectivity index (χ0v) is 24.0. The molecule has 0 aromatic heterocycles. The van der Waals surface area contributed by atoms with Crippen molar-refractivity contribution in [2.75, 3.05) is 13.2 Å². The lowest BCUT2D eigenvalue weighted by Gasteiger charge is -2.15. The molecule has 1 N–H and O–H groups in total. The third-order valence-corrected chi connectivity index (χ3v) is 6.90. The summed E-state index contributed by atoms with van der Waals surface area (Å²) >= 11 is 0. The molecule has 0 spiro atoms. The van der Waals surface area contributed by atoms with E-state index in [1.54, 1.807) is 0 Å². The molecule has 0 heterocycles. The second kappa shape index (κ2) is 28.5. The van der Waals surface area contributed by atoms with Gasteiger partial charge in [-0.3, -0.25) is 9.59 Å².